The van der Waals surface area contributed by atoms with Crippen LogP contribution in [0.3, 0.4) is 0 Å². The molecule has 20 heavy (non-hydrogen) atoms. The monoisotopic (exact) mass is 273 g/mol. The molecule has 1 heterocycles. The highest BCUT2D eigenvalue weighted by atomic mass is 16.3. The Kier molecular flexibility index (Phi) is 3.84. The predicted octanol–water partition coefficient (Wildman–Crippen LogP) is 3.44. The number of benzene rings is 1. The van der Waals surface area contributed by atoms with Gasteiger partial charge in [-0.2, -0.15) is 0 Å². The van der Waals surface area contributed by atoms with Gasteiger partial charge >= 0.3 is 0 Å². The summed E-state index contributed by atoms with van der Waals surface area (Å²) in [6.07, 6.45) is 0. The molecule has 0 bridgehead atoms. The molecule has 0 radical (unpaired) electrons. The van der Waals surface area contributed by atoms with Crippen LogP contribution in [0.4, 0.5) is 0 Å². The van der Waals surface area contributed by atoms with E-state index in [9.17, 15) is 9.90 Å². The molecule has 0 fully saturated rings. The van der Waals surface area contributed by atoms with E-state index in [1.807, 2.05) is 26.0 Å². The van der Waals surface area contributed by atoms with E-state index >= 15 is 0 Å². The summed E-state index contributed by atoms with van der Waals surface area (Å²) >= 11 is 0. The minimum atomic E-state index is -0.224. The number of furan rings is 1. The quantitative estimate of drug-likeness (QED) is 0.932. The van der Waals surface area contributed by atoms with Gasteiger partial charge in [-0.15, -0.1) is 0 Å². The summed E-state index contributed by atoms with van der Waals surface area (Å²) in [4.78, 5) is 14.1. The molecule has 1 aromatic carbocycles. The topological polar surface area (TPSA) is 53.7 Å². The molecule has 1 N–H and O–H groups in total. The van der Waals surface area contributed by atoms with Crippen molar-refractivity contribution in [3.05, 3.63) is 53.0 Å². The first-order valence-corrected chi connectivity index (χ1v) is 6.54. The van der Waals surface area contributed by atoms with Crippen molar-refractivity contribution in [1.82, 2.24) is 4.90 Å². The summed E-state index contributed by atoms with van der Waals surface area (Å²) in [7, 11) is 1.72. The predicted molar refractivity (Wildman–Crippen MR) is 76.8 cm³/mol. The Morgan fingerprint density at radius 1 is 1.30 bits per heavy atom. The van der Waals surface area contributed by atoms with Crippen molar-refractivity contribution in [3.63, 3.8) is 0 Å². The number of carbonyl (C=O) groups excluding carboxylic acids is 1. The van der Waals surface area contributed by atoms with E-state index in [1.165, 1.54) is 0 Å². The van der Waals surface area contributed by atoms with E-state index in [0.717, 1.165) is 11.3 Å². The van der Waals surface area contributed by atoms with Crippen LogP contribution in [0.5, 0.6) is 5.75 Å². The fourth-order valence-electron chi connectivity index (χ4n) is 2.26. The van der Waals surface area contributed by atoms with Gasteiger partial charge in [-0.1, -0.05) is 18.2 Å². The third kappa shape index (κ3) is 2.54. The fraction of sp³-hybridized carbons (Fsp3) is 0.312. The number of carbonyl (C=O) groups is 1. The maximum absolute atomic E-state index is 12.5. The van der Waals surface area contributed by atoms with Gasteiger partial charge in [0.2, 0.25) is 0 Å². The standard InChI is InChI=1S/C16H19NO3/c1-10-9-14(12(3)20-10)16(19)17(4)11(2)13-7-5-6-8-15(13)18/h5-9,11,18H,1-4H3. The van der Waals surface area contributed by atoms with Crippen molar-refractivity contribution in [2.24, 2.45) is 0 Å². The number of aromatic hydroxyl groups is 1. The molecule has 1 unspecified atom stereocenters. The number of para-hydroxylation sites is 1. The molecular formula is C16H19NO3. The summed E-state index contributed by atoms with van der Waals surface area (Å²) < 4.78 is 5.40. The number of amides is 1. The van der Waals surface area contributed by atoms with Crippen molar-refractivity contribution < 1.29 is 14.3 Å². The third-order valence-corrected chi connectivity index (χ3v) is 3.56. The van der Waals surface area contributed by atoms with Gasteiger partial charge in [0.25, 0.3) is 5.91 Å². The van der Waals surface area contributed by atoms with Gasteiger partial charge in [0.05, 0.1) is 11.6 Å². The van der Waals surface area contributed by atoms with Crippen LogP contribution in [-0.4, -0.2) is 23.0 Å². The van der Waals surface area contributed by atoms with E-state index < -0.39 is 0 Å². The highest BCUT2D eigenvalue weighted by Gasteiger charge is 2.23. The normalized spacial score (nSPS) is 12.2. The zero-order chi connectivity index (χ0) is 14.9. The zero-order valence-electron chi connectivity index (χ0n) is 12.2. The Labute approximate surface area is 118 Å². The minimum absolute atomic E-state index is 0.116. The van der Waals surface area contributed by atoms with Crippen molar-refractivity contribution >= 4 is 5.91 Å². The molecule has 0 aliphatic heterocycles. The van der Waals surface area contributed by atoms with E-state index in [2.05, 4.69) is 0 Å². The minimum Gasteiger partial charge on any atom is -0.508 e. The van der Waals surface area contributed by atoms with Crippen LogP contribution < -0.4 is 0 Å². The van der Waals surface area contributed by atoms with Crippen LogP contribution in [0, 0.1) is 13.8 Å². The average molecular weight is 273 g/mol. The molecule has 0 saturated heterocycles. The average Bonchev–Trinajstić information content (AvgIpc) is 2.76. The van der Waals surface area contributed by atoms with Gasteiger partial charge in [0.15, 0.2) is 0 Å². The van der Waals surface area contributed by atoms with Crippen LogP contribution in [0.25, 0.3) is 0 Å². The number of hydrogen-bond acceptors (Lipinski definition) is 3. The molecule has 0 aliphatic carbocycles. The summed E-state index contributed by atoms with van der Waals surface area (Å²) in [6, 6.07) is 8.56. The second-order valence-electron chi connectivity index (χ2n) is 4.98. The number of phenols is 1. The Morgan fingerprint density at radius 2 is 1.95 bits per heavy atom. The van der Waals surface area contributed by atoms with Crippen molar-refractivity contribution in [2.45, 2.75) is 26.8 Å². The summed E-state index contributed by atoms with van der Waals surface area (Å²) in [5.41, 5.74) is 1.29. The largest absolute Gasteiger partial charge is 0.508 e. The highest BCUT2D eigenvalue weighted by Crippen LogP contribution is 2.28. The first-order valence-electron chi connectivity index (χ1n) is 6.54. The van der Waals surface area contributed by atoms with Gasteiger partial charge < -0.3 is 14.4 Å². The van der Waals surface area contributed by atoms with Crippen molar-refractivity contribution in [3.8, 4) is 5.75 Å². The van der Waals surface area contributed by atoms with Gasteiger partial charge in [0.1, 0.15) is 17.3 Å². The molecule has 2 rings (SSSR count). The fourth-order valence-corrected chi connectivity index (χ4v) is 2.26. The second-order valence-corrected chi connectivity index (χ2v) is 4.98. The van der Waals surface area contributed by atoms with E-state index in [4.69, 9.17) is 4.42 Å². The SMILES string of the molecule is Cc1cc(C(=O)N(C)C(C)c2ccccc2O)c(C)o1. The lowest BCUT2D eigenvalue weighted by atomic mass is 10.1. The lowest BCUT2D eigenvalue weighted by Crippen LogP contribution is -2.29. The number of nitrogens with zero attached hydrogens (tertiary/aromatic N) is 1. The summed E-state index contributed by atoms with van der Waals surface area (Å²) in [5.74, 6) is 1.41. The summed E-state index contributed by atoms with van der Waals surface area (Å²) in [6.45, 7) is 5.48. The van der Waals surface area contributed by atoms with Gasteiger partial charge in [0, 0.05) is 12.6 Å². The molecule has 0 aliphatic rings. The van der Waals surface area contributed by atoms with Crippen LogP contribution in [0.2, 0.25) is 0 Å². The zero-order valence-corrected chi connectivity index (χ0v) is 12.2. The first-order chi connectivity index (χ1) is 9.41. The van der Waals surface area contributed by atoms with Gasteiger partial charge in [-0.05, 0) is 32.9 Å². The molecule has 4 heteroatoms. The summed E-state index contributed by atoms with van der Waals surface area (Å²) in [5, 5.41) is 9.88. The van der Waals surface area contributed by atoms with Gasteiger partial charge in [-0.3, -0.25) is 4.79 Å². The number of rotatable bonds is 3. The number of hydrogen-bond donors (Lipinski definition) is 1. The maximum Gasteiger partial charge on any atom is 0.257 e. The van der Waals surface area contributed by atoms with Crippen molar-refractivity contribution in [2.75, 3.05) is 7.05 Å². The lowest BCUT2D eigenvalue weighted by Gasteiger charge is -2.25. The number of phenolic OH excluding ortho intramolecular Hbond substituents is 1. The van der Waals surface area contributed by atoms with Gasteiger partial charge in [-0.25, -0.2) is 0 Å². The Bertz CT molecular complexity index is 630. The van der Waals surface area contributed by atoms with Crippen molar-refractivity contribution in [1.29, 1.82) is 0 Å². The van der Waals surface area contributed by atoms with Crippen LogP contribution in [-0.2, 0) is 0 Å². The van der Waals surface area contributed by atoms with E-state index in [1.54, 1.807) is 37.1 Å². The van der Waals surface area contributed by atoms with Crippen LogP contribution >= 0.6 is 0 Å². The smallest absolute Gasteiger partial charge is 0.257 e. The highest BCUT2D eigenvalue weighted by molar-refractivity contribution is 5.95. The van der Waals surface area contributed by atoms with Crippen LogP contribution in [0.1, 0.15) is 40.4 Å². The molecular weight excluding hydrogens is 254 g/mol. The lowest BCUT2D eigenvalue weighted by molar-refractivity contribution is 0.0739. The molecule has 4 nitrogen and oxygen atoms in total. The molecule has 1 atom stereocenters. The molecule has 0 saturated carbocycles. The van der Waals surface area contributed by atoms with E-state index in [-0.39, 0.29) is 17.7 Å². The molecule has 1 aromatic heterocycles. The molecule has 106 valence electrons. The molecule has 2 aromatic rings. The molecule has 1 amide bonds. The van der Waals surface area contributed by atoms with E-state index in [0.29, 0.717) is 11.3 Å². The Balaban J connectivity index is 2.27. The molecule has 0 spiro atoms. The van der Waals surface area contributed by atoms with Crippen LogP contribution in [0.15, 0.2) is 34.7 Å². The number of aryl methyl sites for hydroxylation is 2. The third-order valence-electron chi connectivity index (χ3n) is 3.56. The maximum atomic E-state index is 12.5. The Morgan fingerprint density at radius 3 is 2.50 bits per heavy atom. The second kappa shape index (κ2) is 5.41. The first kappa shape index (κ1) is 14.2. The Hall–Kier alpha value is -2.23.